The lowest BCUT2D eigenvalue weighted by molar-refractivity contribution is 0.256. The number of aryl methyl sites for hydroxylation is 2. The van der Waals surface area contributed by atoms with Gasteiger partial charge in [-0.2, -0.15) is 13.1 Å². The van der Waals surface area contributed by atoms with Crippen molar-refractivity contribution in [3.05, 3.63) is 28.3 Å². The molecule has 2 aliphatic rings. The van der Waals surface area contributed by atoms with Gasteiger partial charge in [0.25, 0.3) is 0 Å². The maximum Gasteiger partial charge on any atom is 0.333 e. The van der Waals surface area contributed by atoms with E-state index in [0.29, 0.717) is 6.54 Å². The molecule has 0 saturated carbocycles. The summed E-state index contributed by atoms with van der Waals surface area (Å²) in [4.78, 5) is 16.2. The molecular formula is C21H38N6O3S. The van der Waals surface area contributed by atoms with Gasteiger partial charge >= 0.3 is 16.2 Å². The molecule has 5 N–H and O–H groups in total. The van der Waals surface area contributed by atoms with Crippen molar-refractivity contribution in [1.29, 1.82) is 0 Å². The van der Waals surface area contributed by atoms with Crippen LogP contribution in [0.2, 0.25) is 0 Å². The number of urea groups is 1. The third-order valence-corrected chi connectivity index (χ3v) is 6.40. The summed E-state index contributed by atoms with van der Waals surface area (Å²) in [6.45, 7) is 2.54. The van der Waals surface area contributed by atoms with E-state index in [1.807, 2.05) is 33.1 Å². The van der Waals surface area contributed by atoms with Crippen LogP contribution in [0.25, 0.3) is 0 Å². The Labute approximate surface area is 186 Å². The zero-order chi connectivity index (χ0) is 23.0. The number of hydrogen-bond donors (Lipinski definition) is 4. The highest BCUT2D eigenvalue weighted by Gasteiger charge is 2.25. The van der Waals surface area contributed by atoms with Gasteiger partial charge < -0.3 is 20.9 Å². The molecule has 0 fully saturated rings. The first-order valence-corrected chi connectivity index (χ1v) is 12.4. The van der Waals surface area contributed by atoms with Crippen LogP contribution in [0.3, 0.4) is 0 Å². The van der Waals surface area contributed by atoms with E-state index in [2.05, 4.69) is 25.7 Å². The summed E-state index contributed by atoms with van der Waals surface area (Å²) in [7, 11) is 3.85. The maximum atomic E-state index is 12.3. The first-order chi connectivity index (χ1) is 14.6. The van der Waals surface area contributed by atoms with Crippen molar-refractivity contribution < 1.29 is 13.2 Å². The molecule has 176 valence electrons. The van der Waals surface area contributed by atoms with Crippen LogP contribution in [0, 0.1) is 0 Å². The minimum Gasteiger partial charge on any atom is -0.329 e. The summed E-state index contributed by atoms with van der Waals surface area (Å²) >= 11 is 0. The van der Waals surface area contributed by atoms with Gasteiger partial charge in [0.1, 0.15) is 0 Å². The van der Waals surface area contributed by atoms with E-state index in [1.165, 1.54) is 22.3 Å². The fourth-order valence-electron chi connectivity index (χ4n) is 3.93. The maximum absolute atomic E-state index is 12.3. The van der Waals surface area contributed by atoms with Crippen LogP contribution in [0.5, 0.6) is 0 Å². The summed E-state index contributed by atoms with van der Waals surface area (Å²) in [5, 5.41) is 2.82. The molecule has 2 aliphatic carbocycles. The molecular weight excluding hydrogens is 416 g/mol. The van der Waals surface area contributed by atoms with E-state index >= 15 is 0 Å². The van der Waals surface area contributed by atoms with Crippen molar-refractivity contribution in [3.63, 3.8) is 0 Å². The fraction of sp³-hybridized carbons (Fsp3) is 0.667. The number of fused-ring (bicyclic) bond motifs is 2. The number of nitrogens with zero attached hydrogens (tertiary/aromatic N) is 2. The van der Waals surface area contributed by atoms with Gasteiger partial charge in [0.15, 0.2) is 0 Å². The van der Waals surface area contributed by atoms with Crippen LogP contribution in [-0.2, 0) is 35.9 Å². The highest BCUT2D eigenvalue weighted by molar-refractivity contribution is 7.88. The van der Waals surface area contributed by atoms with Gasteiger partial charge in [0, 0.05) is 31.9 Å². The standard InChI is InChI=1S/C17H26N4O3S.C4H12N2/c1-21(2)10-9-18-25(23,24)20-17(22)19-16-14-7-3-5-12(14)11-13-6-4-8-15(13)16;1-6(2)4-3-5/h11,18H,3-10H2,1-2H3,(H2,19,20,22);3-5H2,1-2H3. The molecule has 2 amide bonds. The summed E-state index contributed by atoms with van der Waals surface area (Å²) in [5.74, 6) is 0. The van der Waals surface area contributed by atoms with Gasteiger partial charge in [-0.1, -0.05) is 6.07 Å². The molecule has 1 aromatic carbocycles. The number of anilines is 1. The van der Waals surface area contributed by atoms with Crippen molar-refractivity contribution in [2.75, 3.05) is 59.7 Å². The van der Waals surface area contributed by atoms with Gasteiger partial charge in [-0.15, -0.1) is 0 Å². The molecule has 10 heteroatoms. The summed E-state index contributed by atoms with van der Waals surface area (Å²) in [6, 6.07) is 1.57. The summed E-state index contributed by atoms with van der Waals surface area (Å²) < 4.78 is 28.4. The van der Waals surface area contributed by atoms with Crippen molar-refractivity contribution in [3.8, 4) is 0 Å². The highest BCUT2D eigenvalue weighted by atomic mass is 32.2. The Morgan fingerprint density at radius 2 is 1.52 bits per heavy atom. The molecule has 0 saturated heterocycles. The molecule has 9 nitrogen and oxygen atoms in total. The molecule has 1 aromatic rings. The fourth-order valence-corrected chi connectivity index (χ4v) is 4.65. The third kappa shape index (κ3) is 8.04. The number of nitrogens with one attached hydrogen (secondary N) is 3. The monoisotopic (exact) mass is 454 g/mol. The third-order valence-electron chi connectivity index (χ3n) is 5.37. The molecule has 0 aromatic heterocycles. The second-order valence-electron chi connectivity index (χ2n) is 8.58. The minimum atomic E-state index is -3.86. The van der Waals surface area contributed by atoms with Crippen LogP contribution < -0.4 is 20.5 Å². The molecule has 0 heterocycles. The van der Waals surface area contributed by atoms with Crippen LogP contribution >= 0.6 is 0 Å². The second-order valence-corrected chi connectivity index (χ2v) is 10.1. The number of hydrogen-bond acceptors (Lipinski definition) is 6. The average Bonchev–Trinajstić information content (AvgIpc) is 3.29. The smallest absolute Gasteiger partial charge is 0.329 e. The molecule has 0 radical (unpaired) electrons. The lowest BCUT2D eigenvalue weighted by Crippen LogP contribution is -2.44. The number of rotatable bonds is 8. The van der Waals surface area contributed by atoms with Crippen molar-refractivity contribution >= 4 is 21.9 Å². The van der Waals surface area contributed by atoms with Crippen molar-refractivity contribution in [2.45, 2.75) is 38.5 Å². The lowest BCUT2D eigenvalue weighted by atomic mass is 9.99. The largest absolute Gasteiger partial charge is 0.333 e. The Hall–Kier alpha value is -1.72. The molecule has 31 heavy (non-hydrogen) atoms. The predicted molar refractivity (Wildman–Crippen MR) is 126 cm³/mol. The molecule has 0 unspecified atom stereocenters. The Morgan fingerprint density at radius 1 is 0.968 bits per heavy atom. The molecule has 0 aliphatic heterocycles. The Balaban J connectivity index is 0.000000501. The number of carbonyl (C=O) groups is 1. The van der Waals surface area contributed by atoms with E-state index < -0.39 is 16.2 Å². The molecule has 0 spiro atoms. The number of likely N-dealkylation sites (N-methyl/N-ethyl adjacent to an activating group) is 2. The Kier molecular flexibility index (Phi) is 9.70. The average molecular weight is 455 g/mol. The quantitative estimate of drug-likeness (QED) is 0.459. The first-order valence-electron chi connectivity index (χ1n) is 10.9. The zero-order valence-electron chi connectivity index (χ0n) is 19.3. The highest BCUT2D eigenvalue weighted by Crippen LogP contribution is 2.38. The van der Waals surface area contributed by atoms with Gasteiger partial charge in [0.05, 0.1) is 0 Å². The Morgan fingerprint density at radius 3 is 1.97 bits per heavy atom. The van der Waals surface area contributed by atoms with Crippen LogP contribution in [0.4, 0.5) is 10.5 Å². The molecule has 0 bridgehead atoms. The van der Waals surface area contributed by atoms with Gasteiger partial charge in [0.2, 0.25) is 0 Å². The van der Waals surface area contributed by atoms with Crippen molar-refractivity contribution in [1.82, 2.24) is 19.2 Å². The zero-order valence-corrected chi connectivity index (χ0v) is 20.1. The van der Waals surface area contributed by atoms with E-state index in [1.54, 1.807) is 0 Å². The van der Waals surface area contributed by atoms with Gasteiger partial charge in [-0.25, -0.2) is 9.52 Å². The number of carbonyl (C=O) groups excluding carboxylic acids is 1. The molecule has 0 atom stereocenters. The van der Waals surface area contributed by atoms with Gasteiger partial charge in [-0.05, 0) is 89.0 Å². The number of benzene rings is 1. The van der Waals surface area contributed by atoms with Crippen LogP contribution in [0.1, 0.15) is 35.1 Å². The minimum absolute atomic E-state index is 0.242. The Bertz CT molecular complexity index is 823. The lowest BCUT2D eigenvalue weighted by Gasteiger charge is -2.17. The van der Waals surface area contributed by atoms with Crippen molar-refractivity contribution in [2.24, 2.45) is 5.73 Å². The number of amides is 2. The topological polar surface area (TPSA) is 120 Å². The van der Waals surface area contributed by atoms with E-state index in [4.69, 9.17) is 5.73 Å². The summed E-state index contributed by atoms with van der Waals surface area (Å²) in [6.07, 6.45) is 6.10. The van der Waals surface area contributed by atoms with Crippen LogP contribution in [-0.4, -0.2) is 78.6 Å². The van der Waals surface area contributed by atoms with E-state index in [-0.39, 0.29) is 6.54 Å². The summed E-state index contributed by atoms with van der Waals surface area (Å²) in [5.41, 5.74) is 11.0. The van der Waals surface area contributed by atoms with Gasteiger partial charge in [-0.3, -0.25) is 0 Å². The van der Waals surface area contributed by atoms with E-state index in [0.717, 1.165) is 57.3 Å². The molecule has 3 rings (SSSR count). The predicted octanol–water partition coefficient (Wildman–Crippen LogP) is 0.688. The van der Waals surface area contributed by atoms with Crippen LogP contribution in [0.15, 0.2) is 6.07 Å². The normalized spacial score (nSPS) is 14.8. The number of nitrogens with two attached hydrogens (primary N) is 1. The second kappa shape index (κ2) is 11.8. The van der Waals surface area contributed by atoms with E-state index in [9.17, 15) is 13.2 Å². The SMILES string of the molecule is CN(C)CCN.CN(C)CCNS(=O)(=O)NC(=O)Nc1c2c(cc3c1CCC3)CCC2. The first kappa shape index (κ1) is 25.5.